The molecule has 19 heavy (non-hydrogen) atoms. The van der Waals surface area contributed by atoms with Gasteiger partial charge in [0, 0.05) is 30.9 Å². The molecule has 2 aromatic rings. The molecule has 1 heterocycles. The van der Waals surface area contributed by atoms with Crippen LogP contribution >= 0.6 is 0 Å². The van der Waals surface area contributed by atoms with Crippen LogP contribution in [0.5, 0.6) is 0 Å². The fourth-order valence-corrected chi connectivity index (χ4v) is 2.68. The zero-order valence-corrected chi connectivity index (χ0v) is 11.2. The first-order valence-electron chi connectivity index (χ1n) is 6.61. The summed E-state index contributed by atoms with van der Waals surface area (Å²) in [6.45, 7) is 3.10. The van der Waals surface area contributed by atoms with E-state index in [1.807, 2.05) is 24.1 Å². The first kappa shape index (κ1) is 12.2. The average Bonchev–Trinajstić information content (AvgIpc) is 3.04. The number of hydrogen-bond acceptors (Lipinski definition) is 3. The molecule has 0 radical (unpaired) electrons. The SMILES string of the molecule is CC1CC1CN(C)c1c(F)cc(N)c2cccnc12. The smallest absolute Gasteiger partial charge is 0.150 e. The minimum atomic E-state index is -0.292. The van der Waals surface area contributed by atoms with Crippen LogP contribution in [0.25, 0.3) is 10.9 Å². The van der Waals surface area contributed by atoms with Crippen LogP contribution in [0, 0.1) is 17.7 Å². The van der Waals surface area contributed by atoms with Crippen molar-refractivity contribution >= 4 is 22.3 Å². The first-order chi connectivity index (χ1) is 9.08. The predicted molar refractivity (Wildman–Crippen MR) is 76.7 cm³/mol. The van der Waals surface area contributed by atoms with Crippen molar-refractivity contribution < 1.29 is 4.39 Å². The molecule has 4 heteroatoms. The van der Waals surface area contributed by atoms with Gasteiger partial charge in [-0.3, -0.25) is 4.98 Å². The van der Waals surface area contributed by atoms with Crippen LogP contribution in [-0.2, 0) is 0 Å². The molecule has 0 amide bonds. The van der Waals surface area contributed by atoms with E-state index in [-0.39, 0.29) is 5.82 Å². The van der Waals surface area contributed by atoms with E-state index >= 15 is 0 Å². The van der Waals surface area contributed by atoms with Crippen LogP contribution in [0.1, 0.15) is 13.3 Å². The Labute approximate surface area is 112 Å². The highest BCUT2D eigenvalue weighted by molar-refractivity contribution is 5.98. The Morgan fingerprint density at radius 2 is 2.26 bits per heavy atom. The highest BCUT2D eigenvalue weighted by Crippen LogP contribution is 2.40. The largest absolute Gasteiger partial charge is 0.398 e. The summed E-state index contributed by atoms with van der Waals surface area (Å²) in [6, 6.07) is 5.10. The van der Waals surface area contributed by atoms with Crippen LogP contribution in [0.4, 0.5) is 15.8 Å². The van der Waals surface area contributed by atoms with Gasteiger partial charge in [0.2, 0.25) is 0 Å². The van der Waals surface area contributed by atoms with E-state index in [1.54, 1.807) is 6.20 Å². The quantitative estimate of drug-likeness (QED) is 0.861. The Bertz CT molecular complexity index is 626. The highest BCUT2D eigenvalue weighted by atomic mass is 19.1. The van der Waals surface area contributed by atoms with Gasteiger partial charge < -0.3 is 10.6 Å². The average molecular weight is 259 g/mol. The Kier molecular flexibility index (Phi) is 2.81. The molecule has 2 atom stereocenters. The van der Waals surface area contributed by atoms with Crippen LogP contribution in [0.2, 0.25) is 0 Å². The Morgan fingerprint density at radius 3 is 2.95 bits per heavy atom. The number of nitrogens with two attached hydrogens (primary N) is 1. The summed E-state index contributed by atoms with van der Waals surface area (Å²) < 4.78 is 14.2. The molecule has 3 rings (SSSR count). The lowest BCUT2D eigenvalue weighted by molar-refractivity contribution is 0.619. The molecule has 2 unspecified atom stereocenters. The number of aromatic nitrogens is 1. The molecular weight excluding hydrogens is 241 g/mol. The number of nitrogens with zero attached hydrogens (tertiary/aromatic N) is 2. The van der Waals surface area contributed by atoms with E-state index in [4.69, 9.17) is 5.73 Å². The van der Waals surface area contributed by atoms with Crippen molar-refractivity contribution in [3.8, 4) is 0 Å². The molecule has 1 fully saturated rings. The van der Waals surface area contributed by atoms with Gasteiger partial charge in [0.05, 0.1) is 11.2 Å². The third-order valence-corrected chi connectivity index (χ3v) is 4.02. The van der Waals surface area contributed by atoms with Gasteiger partial charge >= 0.3 is 0 Å². The van der Waals surface area contributed by atoms with Gasteiger partial charge in [-0.25, -0.2) is 4.39 Å². The number of hydrogen-bond donors (Lipinski definition) is 1. The Morgan fingerprint density at radius 1 is 1.53 bits per heavy atom. The van der Waals surface area contributed by atoms with Crippen molar-refractivity contribution in [1.29, 1.82) is 0 Å². The van der Waals surface area contributed by atoms with Gasteiger partial charge in [-0.05, 0) is 36.5 Å². The third kappa shape index (κ3) is 2.11. The molecule has 1 aromatic carbocycles. The van der Waals surface area contributed by atoms with Crippen molar-refractivity contribution in [2.24, 2.45) is 11.8 Å². The molecule has 0 spiro atoms. The lowest BCUT2D eigenvalue weighted by Gasteiger charge is -2.22. The van der Waals surface area contributed by atoms with Crippen LogP contribution in [0.15, 0.2) is 24.4 Å². The monoisotopic (exact) mass is 259 g/mol. The van der Waals surface area contributed by atoms with Crippen molar-refractivity contribution in [2.45, 2.75) is 13.3 Å². The van der Waals surface area contributed by atoms with E-state index in [9.17, 15) is 4.39 Å². The summed E-state index contributed by atoms with van der Waals surface area (Å²) in [5.41, 5.74) is 7.51. The summed E-state index contributed by atoms with van der Waals surface area (Å²) >= 11 is 0. The fraction of sp³-hybridized carbons (Fsp3) is 0.400. The summed E-state index contributed by atoms with van der Waals surface area (Å²) in [5, 5.41) is 0.814. The molecule has 0 bridgehead atoms. The zero-order chi connectivity index (χ0) is 13.6. The normalized spacial score (nSPS) is 21.6. The number of pyridine rings is 1. The minimum absolute atomic E-state index is 0.292. The number of halogens is 1. The number of rotatable bonds is 3. The summed E-state index contributed by atoms with van der Waals surface area (Å²) in [7, 11) is 1.92. The molecule has 100 valence electrons. The van der Waals surface area contributed by atoms with Gasteiger partial charge in [0.25, 0.3) is 0 Å². The number of nitrogen functional groups attached to an aromatic ring is 1. The number of fused-ring (bicyclic) bond motifs is 1. The van der Waals surface area contributed by atoms with E-state index in [0.717, 1.165) is 17.8 Å². The fourth-order valence-electron chi connectivity index (χ4n) is 2.68. The zero-order valence-electron chi connectivity index (χ0n) is 11.2. The van der Waals surface area contributed by atoms with Crippen LogP contribution in [0.3, 0.4) is 0 Å². The maximum Gasteiger partial charge on any atom is 0.150 e. The molecular formula is C15H18FN3. The predicted octanol–water partition coefficient (Wildman–Crippen LogP) is 3.05. The topological polar surface area (TPSA) is 42.1 Å². The Hall–Kier alpha value is -1.84. The van der Waals surface area contributed by atoms with Crippen molar-refractivity contribution in [1.82, 2.24) is 4.98 Å². The number of benzene rings is 1. The second-order valence-electron chi connectivity index (χ2n) is 5.55. The van der Waals surface area contributed by atoms with Crippen LogP contribution in [-0.4, -0.2) is 18.6 Å². The highest BCUT2D eigenvalue weighted by Gasteiger charge is 2.34. The first-order valence-corrected chi connectivity index (χ1v) is 6.61. The standard InChI is InChI=1S/C15H18FN3/c1-9-6-10(9)8-19(2)15-12(16)7-13(17)11-4-3-5-18-14(11)15/h3-5,7,9-10H,6,8,17H2,1-2H3. The van der Waals surface area contributed by atoms with Crippen molar-refractivity contribution in [3.63, 3.8) is 0 Å². The molecule has 0 saturated heterocycles. The maximum atomic E-state index is 14.2. The van der Waals surface area contributed by atoms with E-state index in [2.05, 4.69) is 11.9 Å². The summed E-state index contributed by atoms with van der Waals surface area (Å²) in [5.74, 6) is 1.12. The molecule has 1 aliphatic rings. The van der Waals surface area contributed by atoms with Gasteiger partial charge in [0.15, 0.2) is 5.82 Å². The lowest BCUT2D eigenvalue weighted by atomic mass is 10.1. The van der Waals surface area contributed by atoms with Gasteiger partial charge in [-0.2, -0.15) is 0 Å². The van der Waals surface area contributed by atoms with E-state index in [1.165, 1.54) is 12.5 Å². The van der Waals surface area contributed by atoms with Gasteiger partial charge in [-0.15, -0.1) is 0 Å². The lowest BCUT2D eigenvalue weighted by Crippen LogP contribution is -2.22. The molecule has 1 aromatic heterocycles. The number of anilines is 2. The summed E-state index contributed by atoms with van der Waals surface area (Å²) in [6.07, 6.45) is 2.91. The molecule has 2 N–H and O–H groups in total. The second kappa shape index (κ2) is 4.37. The van der Waals surface area contributed by atoms with Crippen LogP contribution < -0.4 is 10.6 Å². The molecule has 0 aliphatic heterocycles. The van der Waals surface area contributed by atoms with E-state index in [0.29, 0.717) is 22.8 Å². The molecule has 3 nitrogen and oxygen atoms in total. The van der Waals surface area contributed by atoms with Gasteiger partial charge in [-0.1, -0.05) is 6.92 Å². The van der Waals surface area contributed by atoms with Crippen molar-refractivity contribution in [2.75, 3.05) is 24.2 Å². The third-order valence-electron chi connectivity index (χ3n) is 4.02. The molecule has 1 saturated carbocycles. The minimum Gasteiger partial charge on any atom is -0.398 e. The Balaban J connectivity index is 2.06. The summed E-state index contributed by atoms with van der Waals surface area (Å²) in [4.78, 5) is 6.28. The van der Waals surface area contributed by atoms with Crippen molar-refractivity contribution in [3.05, 3.63) is 30.2 Å². The second-order valence-corrected chi connectivity index (χ2v) is 5.55. The van der Waals surface area contributed by atoms with E-state index < -0.39 is 0 Å². The molecule has 1 aliphatic carbocycles. The maximum absolute atomic E-state index is 14.2. The van der Waals surface area contributed by atoms with Gasteiger partial charge in [0.1, 0.15) is 0 Å².